The minimum atomic E-state index is -1.03. The number of hydrogen-bond acceptors (Lipinski definition) is 4. The van der Waals surface area contributed by atoms with E-state index in [1.165, 1.54) is 4.90 Å². The summed E-state index contributed by atoms with van der Waals surface area (Å²) in [5.41, 5.74) is 0.909. The molecular weight excluding hydrogens is 250 g/mol. The van der Waals surface area contributed by atoms with Gasteiger partial charge in [-0.05, 0) is 5.56 Å². The van der Waals surface area contributed by atoms with Crippen molar-refractivity contribution in [3.63, 3.8) is 0 Å². The summed E-state index contributed by atoms with van der Waals surface area (Å²) in [6, 6.07) is 9.35. The molecule has 1 amide bonds. The van der Waals surface area contributed by atoms with Crippen LogP contribution in [-0.4, -0.2) is 48.9 Å². The maximum atomic E-state index is 11.6. The second kappa shape index (κ2) is 8.10. The van der Waals surface area contributed by atoms with Crippen LogP contribution in [0.2, 0.25) is 0 Å². The van der Waals surface area contributed by atoms with Gasteiger partial charge in [-0.1, -0.05) is 30.3 Å². The summed E-state index contributed by atoms with van der Waals surface area (Å²) < 4.78 is 9.91. The number of carbonyl (C=O) groups excluding carboxylic acids is 1. The summed E-state index contributed by atoms with van der Waals surface area (Å²) >= 11 is 0. The van der Waals surface area contributed by atoms with Crippen molar-refractivity contribution in [3.8, 4) is 0 Å². The van der Waals surface area contributed by atoms with Gasteiger partial charge in [0.2, 0.25) is 0 Å². The minimum Gasteiger partial charge on any atom is -0.480 e. The van der Waals surface area contributed by atoms with Crippen LogP contribution in [0.1, 0.15) is 5.56 Å². The van der Waals surface area contributed by atoms with Crippen LogP contribution in [-0.2, 0) is 20.9 Å². The van der Waals surface area contributed by atoms with Crippen molar-refractivity contribution in [2.75, 3.05) is 26.8 Å². The summed E-state index contributed by atoms with van der Waals surface area (Å²) in [7, 11) is 1.57. The van der Waals surface area contributed by atoms with Crippen LogP contribution in [0.4, 0.5) is 4.79 Å². The quantitative estimate of drug-likeness (QED) is 0.755. The van der Waals surface area contributed by atoms with Gasteiger partial charge in [0.15, 0.2) is 0 Å². The van der Waals surface area contributed by atoms with Gasteiger partial charge in [-0.15, -0.1) is 0 Å². The molecule has 0 heterocycles. The molecule has 0 aliphatic carbocycles. The van der Waals surface area contributed by atoms with E-state index in [-0.39, 0.29) is 26.4 Å². The standard InChI is InChI=1S/C13H17NO5/c1-14(7-8-18-10-12(15)16)13(17)19-9-11-5-3-2-4-6-11/h2-6H,7-10H2,1H3,(H,15,16). The molecule has 0 atom stereocenters. The van der Waals surface area contributed by atoms with E-state index < -0.39 is 12.1 Å². The Balaban J connectivity index is 2.20. The molecule has 0 aromatic heterocycles. The first-order valence-corrected chi connectivity index (χ1v) is 5.81. The topological polar surface area (TPSA) is 76.1 Å². The van der Waals surface area contributed by atoms with Gasteiger partial charge in [0.25, 0.3) is 0 Å². The Morgan fingerprint density at radius 1 is 1.26 bits per heavy atom. The number of hydrogen-bond donors (Lipinski definition) is 1. The van der Waals surface area contributed by atoms with Crippen LogP contribution in [0, 0.1) is 0 Å². The fourth-order valence-corrected chi connectivity index (χ4v) is 1.28. The zero-order valence-electron chi connectivity index (χ0n) is 10.7. The Morgan fingerprint density at radius 2 is 1.95 bits per heavy atom. The third kappa shape index (κ3) is 6.42. The molecular formula is C13H17NO5. The van der Waals surface area contributed by atoms with Crippen LogP contribution in [0.3, 0.4) is 0 Å². The maximum Gasteiger partial charge on any atom is 0.409 e. The average Bonchev–Trinajstić information content (AvgIpc) is 2.41. The van der Waals surface area contributed by atoms with Gasteiger partial charge in [-0.3, -0.25) is 0 Å². The Bertz CT molecular complexity index is 407. The van der Waals surface area contributed by atoms with Gasteiger partial charge < -0.3 is 19.5 Å². The van der Waals surface area contributed by atoms with Crippen molar-refractivity contribution in [1.29, 1.82) is 0 Å². The highest BCUT2D eigenvalue weighted by Crippen LogP contribution is 2.02. The average molecular weight is 267 g/mol. The molecule has 0 unspecified atom stereocenters. The largest absolute Gasteiger partial charge is 0.480 e. The van der Waals surface area contributed by atoms with Crippen molar-refractivity contribution in [2.45, 2.75) is 6.61 Å². The Hall–Kier alpha value is -2.08. The van der Waals surface area contributed by atoms with Gasteiger partial charge in [0, 0.05) is 13.6 Å². The van der Waals surface area contributed by atoms with Crippen LogP contribution in [0.5, 0.6) is 0 Å². The molecule has 1 aromatic carbocycles. The number of aliphatic carboxylic acids is 1. The molecule has 0 aliphatic heterocycles. The molecule has 0 aliphatic rings. The predicted molar refractivity (Wildman–Crippen MR) is 67.7 cm³/mol. The predicted octanol–water partition coefficient (Wildman–Crippen LogP) is 1.36. The number of rotatable bonds is 7. The zero-order valence-corrected chi connectivity index (χ0v) is 10.7. The maximum absolute atomic E-state index is 11.6. The van der Waals surface area contributed by atoms with Gasteiger partial charge in [0.1, 0.15) is 13.2 Å². The second-order valence-electron chi connectivity index (χ2n) is 3.91. The molecule has 0 radical (unpaired) electrons. The van der Waals surface area contributed by atoms with Crippen molar-refractivity contribution in [1.82, 2.24) is 4.90 Å². The van der Waals surface area contributed by atoms with Crippen molar-refractivity contribution in [3.05, 3.63) is 35.9 Å². The zero-order chi connectivity index (χ0) is 14.1. The first-order valence-electron chi connectivity index (χ1n) is 5.81. The lowest BCUT2D eigenvalue weighted by Gasteiger charge is -2.16. The van der Waals surface area contributed by atoms with E-state index in [0.717, 1.165) is 5.56 Å². The van der Waals surface area contributed by atoms with E-state index in [1.807, 2.05) is 30.3 Å². The molecule has 0 spiro atoms. The third-order valence-corrected chi connectivity index (χ3v) is 2.31. The Labute approximate surface area is 111 Å². The molecule has 104 valence electrons. The third-order valence-electron chi connectivity index (χ3n) is 2.31. The van der Waals surface area contributed by atoms with E-state index in [9.17, 15) is 9.59 Å². The molecule has 1 rings (SSSR count). The fraction of sp³-hybridized carbons (Fsp3) is 0.385. The number of ether oxygens (including phenoxy) is 2. The van der Waals surface area contributed by atoms with Crippen molar-refractivity contribution < 1.29 is 24.2 Å². The molecule has 0 bridgehead atoms. The van der Waals surface area contributed by atoms with Crippen LogP contribution in [0.15, 0.2) is 30.3 Å². The van der Waals surface area contributed by atoms with Gasteiger partial charge in [-0.25, -0.2) is 9.59 Å². The van der Waals surface area contributed by atoms with Crippen molar-refractivity contribution in [2.24, 2.45) is 0 Å². The van der Waals surface area contributed by atoms with Crippen LogP contribution in [0.25, 0.3) is 0 Å². The molecule has 1 N–H and O–H groups in total. The summed E-state index contributed by atoms with van der Waals surface area (Å²) in [6.07, 6.45) is -0.470. The molecule has 0 fully saturated rings. The SMILES string of the molecule is CN(CCOCC(=O)O)C(=O)OCc1ccccc1. The monoisotopic (exact) mass is 267 g/mol. The first-order chi connectivity index (χ1) is 9.09. The van der Waals surface area contributed by atoms with Crippen molar-refractivity contribution >= 4 is 12.1 Å². The smallest absolute Gasteiger partial charge is 0.409 e. The molecule has 19 heavy (non-hydrogen) atoms. The van der Waals surface area contributed by atoms with Crippen LogP contribution >= 0.6 is 0 Å². The van der Waals surface area contributed by atoms with Gasteiger partial charge >= 0.3 is 12.1 Å². The van der Waals surface area contributed by atoms with E-state index in [0.29, 0.717) is 0 Å². The fourth-order valence-electron chi connectivity index (χ4n) is 1.28. The number of carboxylic acid groups (broad SMARTS) is 1. The number of amides is 1. The number of nitrogens with zero attached hydrogens (tertiary/aromatic N) is 1. The summed E-state index contributed by atoms with van der Waals surface area (Å²) in [4.78, 5) is 23.1. The molecule has 6 nitrogen and oxygen atoms in total. The van der Waals surface area contributed by atoms with E-state index in [1.54, 1.807) is 7.05 Å². The summed E-state index contributed by atoms with van der Waals surface area (Å²) in [5, 5.41) is 8.37. The summed E-state index contributed by atoms with van der Waals surface area (Å²) in [5.74, 6) is -1.03. The highest BCUT2D eigenvalue weighted by atomic mass is 16.6. The highest BCUT2D eigenvalue weighted by Gasteiger charge is 2.10. The number of carboxylic acids is 1. The Morgan fingerprint density at radius 3 is 2.58 bits per heavy atom. The second-order valence-corrected chi connectivity index (χ2v) is 3.91. The lowest BCUT2D eigenvalue weighted by Crippen LogP contribution is -2.31. The number of likely N-dealkylation sites (N-methyl/N-ethyl adjacent to an activating group) is 1. The molecule has 0 saturated heterocycles. The first kappa shape index (κ1) is 15.0. The number of benzene rings is 1. The van der Waals surface area contributed by atoms with E-state index >= 15 is 0 Å². The van der Waals surface area contributed by atoms with Crippen LogP contribution < -0.4 is 0 Å². The van der Waals surface area contributed by atoms with E-state index in [2.05, 4.69) is 0 Å². The molecule has 0 saturated carbocycles. The van der Waals surface area contributed by atoms with E-state index in [4.69, 9.17) is 14.6 Å². The Kier molecular flexibility index (Phi) is 6.38. The summed E-state index contributed by atoms with van der Waals surface area (Å²) in [6.45, 7) is 0.275. The van der Waals surface area contributed by atoms with Gasteiger partial charge in [0.05, 0.1) is 6.61 Å². The minimum absolute atomic E-state index is 0.156. The molecule has 6 heteroatoms. The lowest BCUT2D eigenvalue weighted by molar-refractivity contribution is -0.142. The molecule has 1 aromatic rings. The normalized spacial score (nSPS) is 9.95. The number of carbonyl (C=O) groups is 2. The van der Waals surface area contributed by atoms with Gasteiger partial charge in [-0.2, -0.15) is 0 Å². The lowest BCUT2D eigenvalue weighted by atomic mass is 10.2. The highest BCUT2D eigenvalue weighted by molar-refractivity contribution is 5.68.